The summed E-state index contributed by atoms with van der Waals surface area (Å²) < 4.78 is 0. The third-order valence-electron chi connectivity index (χ3n) is 3.59. The Morgan fingerprint density at radius 2 is 1.54 bits per heavy atom. The van der Waals surface area contributed by atoms with Crippen molar-refractivity contribution in [3.05, 3.63) is 71.3 Å². The number of nitrogens with zero attached hydrogens (tertiary/aromatic N) is 2. The number of hydrogen-bond donors (Lipinski definition) is 2. The van der Waals surface area contributed by atoms with Gasteiger partial charge in [-0.15, -0.1) is 0 Å². The minimum Gasteiger partial charge on any atom is -0.357 e. The van der Waals surface area contributed by atoms with E-state index in [2.05, 4.69) is 77.9 Å². The summed E-state index contributed by atoms with van der Waals surface area (Å²) in [6, 6.07) is 19.0. The lowest BCUT2D eigenvalue weighted by atomic mass is 10.1. The molecule has 0 saturated carbocycles. The molecule has 0 saturated heterocycles. The first-order valence-electron chi connectivity index (χ1n) is 8.46. The Hall–Kier alpha value is -2.33. The van der Waals surface area contributed by atoms with Gasteiger partial charge in [0.2, 0.25) is 0 Å². The molecule has 2 N–H and O–H groups in total. The molecule has 4 nitrogen and oxygen atoms in total. The van der Waals surface area contributed by atoms with E-state index in [9.17, 15) is 0 Å². The minimum atomic E-state index is 0.679. The maximum atomic E-state index is 4.64. The Bertz CT molecular complexity index is 618. The van der Waals surface area contributed by atoms with Crippen LogP contribution in [0, 0.1) is 0 Å². The van der Waals surface area contributed by atoms with E-state index < -0.39 is 0 Å². The Morgan fingerprint density at radius 3 is 2.17 bits per heavy atom. The quantitative estimate of drug-likeness (QED) is 0.607. The second-order valence-corrected chi connectivity index (χ2v) is 6.09. The molecule has 2 aromatic carbocycles. The van der Waals surface area contributed by atoms with Crippen molar-refractivity contribution in [2.75, 3.05) is 20.6 Å². The smallest absolute Gasteiger partial charge is 0.191 e. The highest BCUT2D eigenvalue weighted by atomic mass is 15.2. The minimum absolute atomic E-state index is 0.679. The molecule has 24 heavy (non-hydrogen) atoms. The van der Waals surface area contributed by atoms with Gasteiger partial charge in [-0.25, -0.2) is 4.99 Å². The van der Waals surface area contributed by atoms with Crippen molar-refractivity contribution < 1.29 is 0 Å². The van der Waals surface area contributed by atoms with Gasteiger partial charge in [-0.3, -0.25) is 0 Å². The average Bonchev–Trinajstić information content (AvgIpc) is 2.59. The second-order valence-electron chi connectivity index (χ2n) is 6.09. The van der Waals surface area contributed by atoms with Crippen LogP contribution in [0.5, 0.6) is 0 Å². The van der Waals surface area contributed by atoms with Crippen molar-refractivity contribution >= 4 is 5.96 Å². The van der Waals surface area contributed by atoms with Gasteiger partial charge in [0, 0.05) is 19.6 Å². The number of hydrogen-bond acceptors (Lipinski definition) is 2. The third-order valence-corrected chi connectivity index (χ3v) is 3.59. The molecule has 128 valence electrons. The highest BCUT2D eigenvalue weighted by molar-refractivity contribution is 5.79. The molecule has 0 spiro atoms. The molecule has 4 heteroatoms. The lowest BCUT2D eigenvalue weighted by molar-refractivity contribution is 0.402. The molecule has 0 aromatic heterocycles. The third kappa shape index (κ3) is 6.42. The highest BCUT2D eigenvalue weighted by Crippen LogP contribution is 2.06. The molecule has 0 amide bonds. The topological polar surface area (TPSA) is 39.7 Å². The first kappa shape index (κ1) is 18.0. The summed E-state index contributed by atoms with van der Waals surface area (Å²) in [6.07, 6.45) is 0. The zero-order valence-corrected chi connectivity index (χ0v) is 14.9. The summed E-state index contributed by atoms with van der Waals surface area (Å²) in [5, 5.41) is 6.69. The molecule has 2 aromatic rings. The molecule has 0 radical (unpaired) electrons. The summed E-state index contributed by atoms with van der Waals surface area (Å²) in [6.45, 7) is 5.34. The van der Waals surface area contributed by atoms with E-state index in [1.165, 1.54) is 16.7 Å². The largest absolute Gasteiger partial charge is 0.357 e. The van der Waals surface area contributed by atoms with E-state index in [1.54, 1.807) is 0 Å². The number of aliphatic imine (C=N–C) groups is 1. The van der Waals surface area contributed by atoms with Crippen LogP contribution in [-0.4, -0.2) is 31.5 Å². The van der Waals surface area contributed by atoms with Crippen molar-refractivity contribution in [3.8, 4) is 0 Å². The molecule has 2 rings (SSSR count). The van der Waals surface area contributed by atoms with Crippen molar-refractivity contribution in [2.24, 2.45) is 4.99 Å². The van der Waals surface area contributed by atoms with E-state index in [1.807, 2.05) is 18.2 Å². The molecule has 0 unspecified atom stereocenters. The second kappa shape index (κ2) is 9.73. The molecule has 0 fully saturated rings. The lowest BCUT2D eigenvalue weighted by Crippen LogP contribution is -2.36. The number of rotatable bonds is 7. The molecular formula is C20H28N4. The Labute approximate surface area is 145 Å². The molecule has 0 heterocycles. The highest BCUT2D eigenvalue weighted by Gasteiger charge is 2.00. The van der Waals surface area contributed by atoms with Gasteiger partial charge in [0.05, 0.1) is 6.54 Å². The van der Waals surface area contributed by atoms with Crippen LogP contribution in [0.3, 0.4) is 0 Å². The van der Waals surface area contributed by atoms with Crippen LogP contribution < -0.4 is 10.6 Å². The van der Waals surface area contributed by atoms with Crippen LogP contribution in [0.1, 0.15) is 23.6 Å². The van der Waals surface area contributed by atoms with Gasteiger partial charge in [0.15, 0.2) is 5.96 Å². The van der Waals surface area contributed by atoms with Crippen molar-refractivity contribution in [1.29, 1.82) is 0 Å². The van der Waals surface area contributed by atoms with Crippen molar-refractivity contribution in [2.45, 2.75) is 26.6 Å². The standard InChI is InChI=1S/C20H28N4/c1-4-21-20(22-14-17-8-6-5-7-9-17)23-15-18-10-12-19(13-11-18)16-24(2)3/h5-13H,4,14-16H2,1-3H3,(H2,21,22,23). The first-order valence-corrected chi connectivity index (χ1v) is 8.46. The molecule has 0 aliphatic rings. The van der Waals surface area contributed by atoms with E-state index in [4.69, 9.17) is 0 Å². The van der Waals surface area contributed by atoms with Crippen molar-refractivity contribution in [1.82, 2.24) is 15.5 Å². The Kier molecular flexibility index (Phi) is 7.30. The van der Waals surface area contributed by atoms with Crippen LogP contribution in [0.15, 0.2) is 59.6 Å². The Morgan fingerprint density at radius 1 is 0.875 bits per heavy atom. The number of nitrogens with one attached hydrogen (secondary N) is 2. The number of guanidine groups is 1. The monoisotopic (exact) mass is 324 g/mol. The molecule has 0 aliphatic heterocycles. The zero-order chi connectivity index (χ0) is 17.2. The van der Waals surface area contributed by atoms with Crippen LogP contribution in [0.25, 0.3) is 0 Å². The maximum absolute atomic E-state index is 4.64. The van der Waals surface area contributed by atoms with E-state index in [0.717, 1.165) is 25.6 Å². The Balaban J connectivity index is 1.90. The van der Waals surface area contributed by atoms with Gasteiger partial charge in [-0.05, 0) is 37.7 Å². The van der Waals surface area contributed by atoms with Crippen LogP contribution in [0.2, 0.25) is 0 Å². The zero-order valence-electron chi connectivity index (χ0n) is 14.9. The van der Waals surface area contributed by atoms with Crippen LogP contribution in [-0.2, 0) is 19.6 Å². The molecule has 0 atom stereocenters. The summed E-state index contributed by atoms with van der Waals surface area (Å²) in [5.41, 5.74) is 3.79. The van der Waals surface area contributed by atoms with Crippen LogP contribution >= 0.6 is 0 Å². The fourth-order valence-corrected chi connectivity index (χ4v) is 2.41. The summed E-state index contributed by atoms with van der Waals surface area (Å²) in [5.74, 6) is 0.846. The van der Waals surface area contributed by atoms with Gasteiger partial charge in [0.1, 0.15) is 0 Å². The summed E-state index contributed by atoms with van der Waals surface area (Å²) in [7, 11) is 4.17. The van der Waals surface area contributed by atoms with Gasteiger partial charge in [-0.1, -0.05) is 54.6 Å². The molecular weight excluding hydrogens is 296 g/mol. The van der Waals surface area contributed by atoms with Gasteiger partial charge >= 0.3 is 0 Å². The maximum Gasteiger partial charge on any atom is 0.191 e. The SMILES string of the molecule is CCNC(=NCc1ccccc1)NCc1ccc(CN(C)C)cc1. The lowest BCUT2D eigenvalue weighted by Gasteiger charge is -2.13. The van der Waals surface area contributed by atoms with E-state index in [-0.39, 0.29) is 0 Å². The van der Waals surface area contributed by atoms with Crippen molar-refractivity contribution in [3.63, 3.8) is 0 Å². The van der Waals surface area contributed by atoms with E-state index in [0.29, 0.717) is 6.54 Å². The first-order chi connectivity index (χ1) is 11.7. The molecule has 0 bridgehead atoms. The summed E-state index contributed by atoms with van der Waals surface area (Å²) >= 11 is 0. The van der Waals surface area contributed by atoms with Crippen LogP contribution in [0.4, 0.5) is 0 Å². The van der Waals surface area contributed by atoms with Gasteiger partial charge in [-0.2, -0.15) is 0 Å². The normalized spacial score (nSPS) is 11.6. The fraction of sp³-hybridized carbons (Fsp3) is 0.350. The van der Waals surface area contributed by atoms with Gasteiger partial charge in [0.25, 0.3) is 0 Å². The average molecular weight is 324 g/mol. The predicted molar refractivity (Wildman–Crippen MR) is 102 cm³/mol. The number of benzene rings is 2. The van der Waals surface area contributed by atoms with E-state index >= 15 is 0 Å². The summed E-state index contributed by atoms with van der Waals surface area (Å²) in [4.78, 5) is 6.82. The fourth-order valence-electron chi connectivity index (χ4n) is 2.41. The predicted octanol–water partition coefficient (Wildman–Crippen LogP) is 3.00. The molecule has 0 aliphatic carbocycles. The van der Waals surface area contributed by atoms with Gasteiger partial charge < -0.3 is 15.5 Å².